The van der Waals surface area contributed by atoms with Crippen LogP contribution in [0.15, 0.2) is 24.5 Å². The van der Waals surface area contributed by atoms with Gasteiger partial charge in [0.15, 0.2) is 0 Å². The van der Waals surface area contributed by atoms with Crippen LogP contribution in [0.25, 0.3) is 0 Å². The summed E-state index contributed by atoms with van der Waals surface area (Å²) in [5, 5.41) is 5.06. The number of nitrogens with two attached hydrogens (primary N) is 1. The number of hydrogen-bond acceptors (Lipinski definition) is 3. The number of benzene rings is 1. The highest BCUT2D eigenvalue weighted by Gasteiger charge is 2.30. The maximum Gasteiger partial charge on any atom is 0.0534 e. The van der Waals surface area contributed by atoms with E-state index in [1.807, 2.05) is 24.0 Å². The number of fused-ring (bicyclic) bond motifs is 1. The molecule has 4 nitrogen and oxygen atoms in total. The van der Waals surface area contributed by atoms with Gasteiger partial charge in [-0.15, -0.1) is 0 Å². The van der Waals surface area contributed by atoms with E-state index in [0.717, 1.165) is 18.1 Å². The average Bonchev–Trinajstić information content (AvgIpc) is 2.98. The summed E-state index contributed by atoms with van der Waals surface area (Å²) in [4.78, 5) is 2.39. The zero-order valence-electron chi connectivity index (χ0n) is 11.8. The van der Waals surface area contributed by atoms with Gasteiger partial charge >= 0.3 is 0 Å². The zero-order chi connectivity index (χ0) is 14.3. The van der Waals surface area contributed by atoms with E-state index in [9.17, 15) is 0 Å². The molecule has 1 unspecified atom stereocenters. The van der Waals surface area contributed by atoms with Crippen molar-refractivity contribution in [3.05, 3.63) is 51.8 Å². The summed E-state index contributed by atoms with van der Waals surface area (Å²) in [6.45, 7) is 4.47. The second-order valence-electron chi connectivity index (χ2n) is 5.42. The monoisotopic (exact) mass is 290 g/mol. The van der Waals surface area contributed by atoms with Crippen LogP contribution in [-0.4, -0.2) is 21.2 Å². The molecular formula is C15H19ClN4. The Hall–Kier alpha value is -1.36. The Labute approximate surface area is 124 Å². The predicted molar refractivity (Wildman–Crippen MR) is 80.4 cm³/mol. The molecule has 3 rings (SSSR count). The highest BCUT2D eigenvalue weighted by Crippen LogP contribution is 2.38. The van der Waals surface area contributed by atoms with Gasteiger partial charge in [0.2, 0.25) is 0 Å². The summed E-state index contributed by atoms with van der Waals surface area (Å²) in [6.07, 6.45) is 3.97. The fraction of sp³-hybridized carbons (Fsp3) is 0.400. The first-order valence-electron chi connectivity index (χ1n) is 6.79. The minimum atomic E-state index is 0.265. The minimum absolute atomic E-state index is 0.265. The Kier molecular flexibility index (Phi) is 3.54. The van der Waals surface area contributed by atoms with E-state index < -0.39 is 0 Å². The Morgan fingerprint density at radius 2 is 2.25 bits per heavy atom. The molecule has 0 bridgehead atoms. The van der Waals surface area contributed by atoms with E-state index in [2.05, 4.69) is 29.2 Å². The van der Waals surface area contributed by atoms with Gasteiger partial charge in [-0.25, -0.2) is 0 Å². The van der Waals surface area contributed by atoms with Gasteiger partial charge in [-0.1, -0.05) is 17.7 Å². The highest BCUT2D eigenvalue weighted by atomic mass is 35.5. The molecule has 0 spiro atoms. The quantitative estimate of drug-likeness (QED) is 0.944. The lowest BCUT2D eigenvalue weighted by atomic mass is 10.0. The van der Waals surface area contributed by atoms with Crippen LogP contribution in [0.5, 0.6) is 0 Å². The largest absolute Gasteiger partial charge is 0.329 e. The van der Waals surface area contributed by atoms with Crippen molar-refractivity contribution in [1.82, 2.24) is 14.7 Å². The van der Waals surface area contributed by atoms with Gasteiger partial charge in [0.1, 0.15) is 0 Å². The van der Waals surface area contributed by atoms with Crippen LogP contribution in [0.1, 0.15) is 28.3 Å². The van der Waals surface area contributed by atoms with Gasteiger partial charge in [0, 0.05) is 49.5 Å². The van der Waals surface area contributed by atoms with Gasteiger partial charge in [-0.05, 0) is 29.7 Å². The maximum absolute atomic E-state index is 6.23. The van der Waals surface area contributed by atoms with Gasteiger partial charge in [0.05, 0.1) is 6.20 Å². The lowest BCUT2D eigenvalue weighted by molar-refractivity contribution is 0.211. The molecule has 1 aliphatic rings. The SMILES string of the molecule is Cc1c(Cl)ccc2c1CN(Cc1cnn(C)c1)C2CN. The van der Waals surface area contributed by atoms with Crippen molar-refractivity contribution in [3.63, 3.8) is 0 Å². The standard InChI is InChI=1S/C15H19ClN4/c1-10-13-9-20(8-11-6-18-19(2)7-11)15(5-17)12(13)3-4-14(10)16/h3-4,6-7,15H,5,8-9,17H2,1-2H3. The lowest BCUT2D eigenvalue weighted by Crippen LogP contribution is -2.27. The summed E-state index contributed by atoms with van der Waals surface area (Å²) < 4.78 is 1.83. The third-order valence-electron chi connectivity index (χ3n) is 4.10. The Bertz CT molecular complexity index is 635. The molecule has 1 aliphatic heterocycles. The van der Waals surface area contributed by atoms with Gasteiger partial charge in [-0.3, -0.25) is 9.58 Å². The summed E-state index contributed by atoms with van der Waals surface area (Å²) in [5.74, 6) is 0. The van der Waals surface area contributed by atoms with Crippen LogP contribution in [0, 0.1) is 6.92 Å². The predicted octanol–water partition coefficient (Wildman–Crippen LogP) is 2.40. The molecule has 106 valence electrons. The van der Waals surface area contributed by atoms with Gasteiger partial charge < -0.3 is 5.73 Å². The van der Waals surface area contributed by atoms with Crippen molar-refractivity contribution in [1.29, 1.82) is 0 Å². The molecule has 2 aromatic rings. The minimum Gasteiger partial charge on any atom is -0.329 e. The molecule has 0 amide bonds. The molecule has 1 atom stereocenters. The smallest absolute Gasteiger partial charge is 0.0534 e. The fourth-order valence-corrected chi connectivity index (χ4v) is 3.19. The number of aromatic nitrogens is 2. The highest BCUT2D eigenvalue weighted by molar-refractivity contribution is 6.31. The molecule has 1 aromatic carbocycles. The molecule has 0 fully saturated rings. The Morgan fingerprint density at radius 3 is 2.90 bits per heavy atom. The molecule has 0 saturated heterocycles. The summed E-state index contributed by atoms with van der Waals surface area (Å²) >= 11 is 6.23. The Morgan fingerprint density at radius 1 is 1.45 bits per heavy atom. The summed E-state index contributed by atoms with van der Waals surface area (Å²) in [6, 6.07) is 4.36. The van der Waals surface area contributed by atoms with Crippen molar-refractivity contribution in [2.45, 2.75) is 26.1 Å². The number of hydrogen-bond donors (Lipinski definition) is 1. The third kappa shape index (κ3) is 2.24. The van der Waals surface area contributed by atoms with E-state index in [-0.39, 0.29) is 6.04 Å². The van der Waals surface area contributed by atoms with E-state index in [1.165, 1.54) is 22.3 Å². The second-order valence-corrected chi connectivity index (χ2v) is 5.83. The number of rotatable bonds is 3. The molecule has 2 N–H and O–H groups in total. The van der Waals surface area contributed by atoms with Gasteiger partial charge in [0.25, 0.3) is 0 Å². The maximum atomic E-state index is 6.23. The summed E-state index contributed by atoms with van der Waals surface area (Å²) in [5.41, 5.74) is 11.0. The normalized spacial score (nSPS) is 18.5. The average molecular weight is 291 g/mol. The fourth-order valence-electron chi connectivity index (χ4n) is 3.01. The molecule has 5 heteroatoms. The summed E-state index contributed by atoms with van der Waals surface area (Å²) in [7, 11) is 1.94. The van der Waals surface area contributed by atoms with Crippen LogP contribution >= 0.6 is 11.6 Å². The molecule has 0 aliphatic carbocycles. The van der Waals surface area contributed by atoms with E-state index >= 15 is 0 Å². The van der Waals surface area contributed by atoms with Crippen molar-refractivity contribution >= 4 is 11.6 Å². The van der Waals surface area contributed by atoms with Crippen molar-refractivity contribution in [2.24, 2.45) is 12.8 Å². The lowest BCUT2D eigenvalue weighted by Gasteiger charge is -2.23. The first kappa shape index (κ1) is 13.6. The van der Waals surface area contributed by atoms with Crippen LogP contribution in [0.2, 0.25) is 5.02 Å². The molecule has 1 aromatic heterocycles. The second kappa shape index (κ2) is 5.20. The third-order valence-corrected chi connectivity index (χ3v) is 4.51. The molecule has 20 heavy (non-hydrogen) atoms. The van der Waals surface area contributed by atoms with Gasteiger partial charge in [-0.2, -0.15) is 5.10 Å². The molecule has 2 heterocycles. The molecular weight excluding hydrogens is 272 g/mol. The molecule has 0 radical (unpaired) electrons. The molecule has 0 saturated carbocycles. The van der Waals surface area contributed by atoms with Crippen molar-refractivity contribution in [3.8, 4) is 0 Å². The number of halogens is 1. The van der Waals surface area contributed by atoms with Crippen LogP contribution in [0.4, 0.5) is 0 Å². The van der Waals surface area contributed by atoms with Crippen LogP contribution in [0.3, 0.4) is 0 Å². The zero-order valence-corrected chi connectivity index (χ0v) is 12.6. The Balaban J connectivity index is 1.90. The van der Waals surface area contributed by atoms with E-state index in [4.69, 9.17) is 17.3 Å². The van der Waals surface area contributed by atoms with E-state index in [1.54, 1.807) is 0 Å². The first-order chi connectivity index (χ1) is 9.60. The number of nitrogens with zero attached hydrogens (tertiary/aromatic N) is 3. The van der Waals surface area contributed by atoms with E-state index in [0.29, 0.717) is 6.54 Å². The first-order valence-corrected chi connectivity index (χ1v) is 7.17. The van der Waals surface area contributed by atoms with Crippen molar-refractivity contribution < 1.29 is 0 Å². The number of aryl methyl sites for hydroxylation is 1. The van der Waals surface area contributed by atoms with Crippen LogP contribution < -0.4 is 5.73 Å². The topological polar surface area (TPSA) is 47.1 Å². The van der Waals surface area contributed by atoms with Crippen molar-refractivity contribution in [2.75, 3.05) is 6.54 Å². The van der Waals surface area contributed by atoms with Crippen LogP contribution in [-0.2, 0) is 20.1 Å².